The van der Waals surface area contributed by atoms with Gasteiger partial charge >= 0.3 is 0 Å². The summed E-state index contributed by atoms with van der Waals surface area (Å²) in [4.78, 5) is 3.82. The topological polar surface area (TPSA) is 105 Å². The summed E-state index contributed by atoms with van der Waals surface area (Å²) in [6.07, 6.45) is 0. The monoisotopic (exact) mass is 225 g/mol. The zero-order valence-corrected chi connectivity index (χ0v) is 8.01. The van der Waals surface area contributed by atoms with Gasteiger partial charge < -0.3 is 20.5 Å². The van der Waals surface area contributed by atoms with E-state index in [0.717, 1.165) is 6.07 Å². The highest BCUT2D eigenvalue weighted by Crippen LogP contribution is 2.34. The lowest BCUT2D eigenvalue weighted by Gasteiger charge is -2.01. The Hall–Kier alpha value is -2.15. The molecule has 7 heteroatoms. The van der Waals surface area contributed by atoms with Gasteiger partial charge in [-0.05, 0) is 12.1 Å². The van der Waals surface area contributed by atoms with E-state index in [1.54, 1.807) is 0 Å². The molecule has 0 spiro atoms. The van der Waals surface area contributed by atoms with Gasteiger partial charge in [0.2, 0.25) is 17.5 Å². The van der Waals surface area contributed by atoms with Gasteiger partial charge in [-0.3, -0.25) is 0 Å². The molecule has 0 amide bonds. The third kappa shape index (κ3) is 1.57. The lowest BCUT2D eigenvalue weighted by molar-refractivity contribution is 0.378. The molecule has 0 fully saturated rings. The number of aromatic nitrogens is 2. The first-order chi connectivity index (χ1) is 7.63. The molecule has 84 valence electrons. The maximum absolute atomic E-state index is 13.2. The Labute approximate surface area is 89.1 Å². The van der Waals surface area contributed by atoms with Crippen molar-refractivity contribution in [1.82, 2.24) is 10.1 Å². The number of rotatable bonds is 2. The fourth-order valence-electron chi connectivity index (χ4n) is 1.18. The number of nitrogens with two attached hydrogens (primary N) is 1. The minimum absolute atomic E-state index is 0.0110. The first-order valence-electron chi connectivity index (χ1n) is 4.37. The van der Waals surface area contributed by atoms with Crippen LogP contribution in [0.4, 0.5) is 4.39 Å². The van der Waals surface area contributed by atoms with Crippen LogP contribution in [0, 0.1) is 5.82 Å². The van der Waals surface area contributed by atoms with Crippen molar-refractivity contribution in [3.63, 3.8) is 0 Å². The van der Waals surface area contributed by atoms with E-state index < -0.39 is 17.3 Å². The largest absolute Gasteiger partial charge is 0.505 e. The van der Waals surface area contributed by atoms with Gasteiger partial charge in [-0.2, -0.15) is 9.37 Å². The molecule has 0 saturated heterocycles. The predicted octanol–water partition coefficient (Wildman–Crippen LogP) is 0.746. The molecule has 16 heavy (non-hydrogen) atoms. The van der Waals surface area contributed by atoms with Crippen molar-refractivity contribution in [3.05, 3.63) is 23.8 Å². The number of hydrogen-bond donors (Lipinski definition) is 3. The quantitative estimate of drug-likeness (QED) is 0.696. The van der Waals surface area contributed by atoms with Gasteiger partial charge in [-0.15, -0.1) is 0 Å². The van der Waals surface area contributed by atoms with Crippen LogP contribution in [0.1, 0.15) is 5.89 Å². The van der Waals surface area contributed by atoms with E-state index in [1.165, 1.54) is 6.07 Å². The second kappa shape index (κ2) is 3.78. The molecule has 0 aliphatic heterocycles. The SMILES string of the molecule is NCc1nc(-c2ccc(O)c(F)c2O)no1. The molecule has 0 unspecified atom stereocenters. The molecular formula is C9H8FN3O3. The average molecular weight is 225 g/mol. The molecule has 0 aliphatic carbocycles. The Balaban J connectivity index is 2.52. The van der Waals surface area contributed by atoms with Crippen LogP contribution in [0.25, 0.3) is 11.4 Å². The van der Waals surface area contributed by atoms with Crippen LogP contribution in [0.2, 0.25) is 0 Å². The summed E-state index contributed by atoms with van der Waals surface area (Å²) in [6, 6.07) is 2.36. The van der Waals surface area contributed by atoms with Crippen molar-refractivity contribution in [3.8, 4) is 22.9 Å². The standard InChI is InChI=1S/C9H8FN3O3/c10-7-5(14)2-1-4(8(7)15)9-12-6(3-11)16-13-9/h1-2,14-15H,3,11H2. The summed E-state index contributed by atoms with van der Waals surface area (Å²) >= 11 is 0. The van der Waals surface area contributed by atoms with E-state index >= 15 is 0 Å². The Morgan fingerprint density at radius 3 is 2.75 bits per heavy atom. The van der Waals surface area contributed by atoms with Crippen molar-refractivity contribution >= 4 is 0 Å². The molecule has 0 radical (unpaired) electrons. The molecule has 0 saturated carbocycles. The Morgan fingerprint density at radius 1 is 1.38 bits per heavy atom. The number of phenolic OH excluding ortho intramolecular Hbond substituents is 2. The summed E-state index contributed by atoms with van der Waals surface area (Å²) in [5, 5.41) is 21.9. The first-order valence-corrected chi connectivity index (χ1v) is 4.37. The molecule has 2 aromatic rings. The van der Waals surface area contributed by atoms with Crippen LogP contribution in [0.3, 0.4) is 0 Å². The molecule has 4 N–H and O–H groups in total. The molecule has 1 heterocycles. The Kier molecular flexibility index (Phi) is 2.45. The molecular weight excluding hydrogens is 217 g/mol. The van der Waals surface area contributed by atoms with Gasteiger partial charge in [-0.25, -0.2) is 0 Å². The van der Waals surface area contributed by atoms with Crippen molar-refractivity contribution in [2.75, 3.05) is 0 Å². The van der Waals surface area contributed by atoms with E-state index in [2.05, 4.69) is 10.1 Å². The van der Waals surface area contributed by atoms with Gasteiger partial charge in [-0.1, -0.05) is 5.16 Å². The lowest BCUT2D eigenvalue weighted by atomic mass is 10.1. The Bertz CT molecular complexity index is 527. The van der Waals surface area contributed by atoms with Gasteiger partial charge in [0.15, 0.2) is 11.5 Å². The number of aromatic hydroxyl groups is 2. The molecule has 2 rings (SSSR count). The molecule has 1 aromatic carbocycles. The second-order valence-corrected chi connectivity index (χ2v) is 3.01. The number of phenols is 2. The third-order valence-corrected chi connectivity index (χ3v) is 1.98. The molecule has 0 atom stereocenters. The minimum atomic E-state index is -1.13. The summed E-state index contributed by atoms with van der Waals surface area (Å²) in [6.45, 7) is 0.0499. The normalized spacial score (nSPS) is 10.6. The number of halogens is 1. The van der Waals surface area contributed by atoms with Gasteiger partial charge in [0.25, 0.3) is 0 Å². The molecule has 0 aliphatic rings. The summed E-state index contributed by atoms with van der Waals surface area (Å²) in [5.74, 6) is -2.33. The molecule has 0 bridgehead atoms. The zero-order valence-electron chi connectivity index (χ0n) is 8.01. The maximum Gasteiger partial charge on any atom is 0.240 e. The minimum Gasteiger partial charge on any atom is -0.505 e. The second-order valence-electron chi connectivity index (χ2n) is 3.01. The van der Waals surface area contributed by atoms with Crippen LogP contribution in [-0.4, -0.2) is 20.4 Å². The van der Waals surface area contributed by atoms with Gasteiger partial charge in [0.1, 0.15) is 0 Å². The van der Waals surface area contributed by atoms with E-state index in [1.807, 2.05) is 0 Å². The zero-order chi connectivity index (χ0) is 11.7. The average Bonchev–Trinajstić information content (AvgIpc) is 2.74. The van der Waals surface area contributed by atoms with Crippen LogP contribution in [0.5, 0.6) is 11.5 Å². The van der Waals surface area contributed by atoms with Gasteiger partial charge in [0, 0.05) is 0 Å². The van der Waals surface area contributed by atoms with Crippen LogP contribution < -0.4 is 5.73 Å². The van der Waals surface area contributed by atoms with Crippen molar-refractivity contribution < 1.29 is 19.1 Å². The third-order valence-electron chi connectivity index (χ3n) is 1.98. The lowest BCUT2D eigenvalue weighted by Crippen LogP contribution is -1.95. The maximum atomic E-state index is 13.2. The van der Waals surface area contributed by atoms with E-state index in [9.17, 15) is 9.50 Å². The van der Waals surface area contributed by atoms with E-state index in [0.29, 0.717) is 0 Å². The summed E-state index contributed by atoms with van der Waals surface area (Å²) in [7, 11) is 0. The first kappa shape index (κ1) is 10.4. The summed E-state index contributed by atoms with van der Waals surface area (Å²) in [5.41, 5.74) is 5.29. The van der Waals surface area contributed by atoms with Crippen molar-refractivity contribution in [2.45, 2.75) is 6.54 Å². The van der Waals surface area contributed by atoms with Gasteiger partial charge in [0.05, 0.1) is 12.1 Å². The highest BCUT2D eigenvalue weighted by atomic mass is 19.1. The van der Waals surface area contributed by atoms with Crippen molar-refractivity contribution in [1.29, 1.82) is 0 Å². The molecule has 1 aromatic heterocycles. The van der Waals surface area contributed by atoms with E-state index in [-0.39, 0.29) is 23.8 Å². The van der Waals surface area contributed by atoms with Crippen LogP contribution in [0.15, 0.2) is 16.7 Å². The summed E-state index contributed by atoms with van der Waals surface area (Å²) < 4.78 is 17.9. The van der Waals surface area contributed by atoms with Crippen molar-refractivity contribution in [2.24, 2.45) is 5.73 Å². The van der Waals surface area contributed by atoms with E-state index in [4.69, 9.17) is 15.4 Å². The fourth-order valence-corrected chi connectivity index (χ4v) is 1.18. The van der Waals surface area contributed by atoms with Crippen LogP contribution in [-0.2, 0) is 6.54 Å². The highest BCUT2D eigenvalue weighted by molar-refractivity contribution is 5.65. The fraction of sp³-hybridized carbons (Fsp3) is 0.111. The number of benzene rings is 1. The highest BCUT2D eigenvalue weighted by Gasteiger charge is 2.17. The Morgan fingerprint density at radius 2 is 2.12 bits per heavy atom. The number of hydrogen-bond acceptors (Lipinski definition) is 6. The smallest absolute Gasteiger partial charge is 0.240 e. The van der Waals surface area contributed by atoms with Crippen LogP contribution >= 0.6 is 0 Å². The number of nitrogens with zero attached hydrogens (tertiary/aromatic N) is 2. The predicted molar refractivity (Wildman–Crippen MR) is 50.9 cm³/mol. The molecule has 6 nitrogen and oxygen atoms in total.